The second-order valence-electron chi connectivity index (χ2n) is 6.21. The van der Waals surface area contributed by atoms with Crippen LogP contribution in [0.1, 0.15) is 16.9 Å². The number of rotatable bonds is 9. The molecule has 0 bridgehead atoms. The third-order valence-corrected chi connectivity index (χ3v) is 4.24. The van der Waals surface area contributed by atoms with Crippen LogP contribution in [0, 0.1) is 10.1 Å². The first-order chi connectivity index (χ1) is 14.1. The first-order valence-corrected chi connectivity index (χ1v) is 9.16. The van der Waals surface area contributed by atoms with Crippen molar-refractivity contribution >= 4 is 23.2 Å². The summed E-state index contributed by atoms with van der Waals surface area (Å²) >= 11 is 0. The summed E-state index contributed by atoms with van der Waals surface area (Å²) in [6.07, 6.45) is 3.45. The summed E-state index contributed by atoms with van der Waals surface area (Å²) in [5.74, 6) is -0.579. The van der Waals surface area contributed by atoms with Gasteiger partial charge in [0.2, 0.25) is 11.6 Å². The van der Waals surface area contributed by atoms with Gasteiger partial charge in [-0.3, -0.25) is 35.6 Å². The van der Waals surface area contributed by atoms with Gasteiger partial charge in [0.25, 0.3) is 5.91 Å². The van der Waals surface area contributed by atoms with Crippen molar-refractivity contribution in [3.8, 4) is 0 Å². The lowest BCUT2D eigenvalue weighted by Crippen LogP contribution is -2.37. The molecule has 2 aromatic rings. The number of aromatic nitrogens is 3. The number of nitro groups is 1. The lowest BCUT2D eigenvalue weighted by atomic mass is 10.3. The maximum absolute atomic E-state index is 12.1. The van der Waals surface area contributed by atoms with Crippen LogP contribution in [0.15, 0.2) is 30.7 Å². The topological polar surface area (TPSA) is 147 Å². The van der Waals surface area contributed by atoms with Crippen LogP contribution >= 0.6 is 0 Å². The number of nitrogens with zero attached hydrogens (tertiary/aromatic N) is 5. The molecular weight excluding hydrogens is 380 g/mol. The summed E-state index contributed by atoms with van der Waals surface area (Å²) in [6, 6.07) is 4.86. The van der Waals surface area contributed by atoms with Gasteiger partial charge < -0.3 is 10.1 Å². The highest BCUT2D eigenvalue weighted by Crippen LogP contribution is 2.28. The van der Waals surface area contributed by atoms with E-state index in [4.69, 9.17) is 4.74 Å². The van der Waals surface area contributed by atoms with Crippen molar-refractivity contribution in [3.63, 3.8) is 0 Å². The Hall–Kier alpha value is -3.38. The Morgan fingerprint density at radius 3 is 2.72 bits per heavy atom. The average Bonchev–Trinajstić information content (AvgIpc) is 2.76. The van der Waals surface area contributed by atoms with Gasteiger partial charge >= 0.3 is 5.69 Å². The van der Waals surface area contributed by atoms with Crippen LogP contribution in [0.5, 0.6) is 0 Å². The molecule has 1 amide bonds. The number of hydrazine groups is 1. The fourth-order valence-electron chi connectivity index (χ4n) is 2.78. The molecule has 0 unspecified atom stereocenters. The van der Waals surface area contributed by atoms with Gasteiger partial charge in [-0.1, -0.05) is 6.07 Å². The molecule has 1 aliphatic heterocycles. The number of carbonyl (C=O) groups is 1. The summed E-state index contributed by atoms with van der Waals surface area (Å²) in [5.41, 5.74) is 4.65. The molecule has 1 aliphatic rings. The van der Waals surface area contributed by atoms with Gasteiger partial charge in [-0.2, -0.15) is 0 Å². The van der Waals surface area contributed by atoms with Gasteiger partial charge in [0.05, 0.1) is 18.1 Å². The van der Waals surface area contributed by atoms with Gasteiger partial charge in [0, 0.05) is 25.8 Å². The normalized spacial score (nSPS) is 14.2. The number of amides is 1. The highest BCUT2D eigenvalue weighted by atomic mass is 16.6. The lowest BCUT2D eigenvalue weighted by molar-refractivity contribution is -0.383. The van der Waals surface area contributed by atoms with E-state index in [1.165, 1.54) is 18.6 Å². The van der Waals surface area contributed by atoms with E-state index in [0.29, 0.717) is 6.54 Å². The van der Waals surface area contributed by atoms with E-state index in [0.717, 1.165) is 39.3 Å². The molecule has 1 fully saturated rings. The predicted octanol–water partition coefficient (Wildman–Crippen LogP) is 0.671. The molecular formula is C17H22N8O4. The number of anilines is 2. The van der Waals surface area contributed by atoms with Gasteiger partial charge in [-0.25, -0.2) is 9.97 Å². The Labute approximate surface area is 166 Å². The molecule has 12 heteroatoms. The average molecular weight is 402 g/mol. The monoisotopic (exact) mass is 402 g/mol. The number of hydrogen-bond donors (Lipinski definition) is 3. The van der Waals surface area contributed by atoms with Crippen LogP contribution in [0.25, 0.3) is 0 Å². The third-order valence-electron chi connectivity index (χ3n) is 4.24. The molecule has 29 heavy (non-hydrogen) atoms. The van der Waals surface area contributed by atoms with Crippen molar-refractivity contribution in [2.45, 2.75) is 6.42 Å². The van der Waals surface area contributed by atoms with Crippen LogP contribution in [-0.4, -0.2) is 70.1 Å². The minimum Gasteiger partial charge on any atom is -0.379 e. The first-order valence-electron chi connectivity index (χ1n) is 9.16. The predicted molar refractivity (Wildman–Crippen MR) is 104 cm³/mol. The fraction of sp³-hybridized carbons (Fsp3) is 0.412. The summed E-state index contributed by atoms with van der Waals surface area (Å²) in [5, 5.41) is 14.5. The SMILES string of the molecule is O=C(NNc1ncnc(NCCCN2CCOCC2)c1[N+](=O)[O-])c1ccccn1. The minimum absolute atomic E-state index is 0.0848. The molecule has 0 saturated carbocycles. The molecule has 12 nitrogen and oxygen atoms in total. The molecule has 0 aromatic carbocycles. The van der Waals surface area contributed by atoms with Crippen molar-refractivity contribution in [1.82, 2.24) is 25.3 Å². The van der Waals surface area contributed by atoms with Crippen LogP contribution in [0.4, 0.5) is 17.3 Å². The van der Waals surface area contributed by atoms with Gasteiger partial charge in [-0.05, 0) is 25.1 Å². The fourth-order valence-corrected chi connectivity index (χ4v) is 2.78. The van der Waals surface area contributed by atoms with Crippen molar-refractivity contribution in [3.05, 3.63) is 46.5 Å². The molecule has 3 N–H and O–H groups in total. The van der Waals surface area contributed by atoms with E-state index < -0.39 is 10.8 Å². The van der Waals surface area contributed by atoms with E-state index in [1.807, 2.05) is 0 Å². The summed E-state index contributed by atoms with van der Waals surface area (Å²) < 4.78 is 5.31. The molecule has 0 aliphatic carbocycles. The number of carbonyl (C=O) groups excluding carboxylic acids is 1. The second kappa shape index (κ2) is 10.2. The molecule has 1 saturated heterocycles. The zero-order chi connectivity index (χ0) is 20.5. The van der Waals surface area contributed by atoms with E-state index >= 15 is 0 Å². The van der Waals surface area contributed by atoms with E-state index in [2.05, 4.69) is 36.0 Å². The first kappa shape index (κ1) is 20.4. The Kier molecular flexibility index (Phi) is 7.19. The number of nitrogens with one attached hydrogen (secondary N) is 3. The summed E-state index contributed by atoms with van der Waals surface area (Å²) in [4.78, 5) is 37.0. The van der Waals surface area contributed by atoms with E-state index in [9.17, 15) is 14.9 Å². The number of ether oxygens (including phenoxy) is 1. The lowest BCUT2D eigenvalue weighted by Gasteiger charge is -2.26. The van der Waals surface area contributed by atoms with Gasteiger partial charge in [0.1, 0.15) is 12.0 Å². The standard InChI is InChI=1S/C17H22N8O4/c26-17(13-4-1-2-5-18-13)23-22-16-14(25(27)28)15(20-12-21-16)19-6-3-7-24-8-10-29-11-9-24/h1-2,4-5,12H,3,6-11H2,(H,23,26)(H2,19,20,21,22). The quantitative estimate of drug-likeness (QED) is 0.310. The largest absolute Gasteiger partial charge is 0.379 e. The molecule has 3 rings (SSSR count). The van der Waals surface area contributed by atoms with Gasteiger partial charge in [-0.15, -0.1) is 0 Å². The molecule has 0 atom stereocenters. The van der Waals surface area contributed by atoms with Crippen molar-refractivity contribution in [1.29, 1.82) is 0 Å². The molecule has 2 aromatic heterocycles. The highest BCUT2D eigenvalue weighted by Gasteiger charge is 2.23. The Morgan fingerprint density at radius 2 is 2.00 bits per heavy atom. The maximum atomic E-state index is 12.1. The number of hydrogen-bond acceptors (Lipinski definition) is 10. The van der Waals surface area contributed by atoms with Crippen molar-refractivity contribution in [2.75, 3.05) is 50.1 Å². The summed E-state index contributed by atoms with van der Waals surface area (Å²) in [7, 11) is 0. The zero-order valence-corrected chi connectivity index (χ0v) is 15.7. The van der Waals surface area contributed by atoms with Crippen LogP contribution in [-0.2, 0) is 4.74 Å². The Morgan fingerprint density at radius 1 is 1.21 bits per heavy atom. The van der Waals surface area contributed by atoms with Crippen LogP contribution in [0.3, 0.4) is 0 Å². The van der Waals surface area contributed by atoms with E-state index in [1.54, 1.807) is 12.1 Å². The molecule has 154 valence electrons. The van der Waals surface area contributed by atoms with Crippen molar-refractivity contribution in [2.24, 2.45) is 0 Å². The minimum atomic E-state index is -0.598. The number of morpholine rings is 1. The zero-order valence-electron chi connectivity index (χ0n) is 15.7. The van der Waals surface area contributed by atoms with Crippen LogP contribution < -0.4 is 16.2 Å². The second-order valence-corrected chi connectivity index (χ2v) is 6.21. The summed E-state index contributed by atoms with van der Waals surface area (Å²) in [6.45, 7) is 4.60. The molecule has 3 heterocycles. The highest BCUT2D eigenvalue weighted by molar-refractivity contribution is 5.93. The van der Waals surface area contributed by atoms with Crippen molar-refractivity contribution < 1.29 is 14.5 Å². The Balaban J connectivity index is 1.58. The smallest absolute Gasteiger partial charge is 0.354 e. The molecule has 0 spiro atoms. The van der Waals surface area contributed by atoms with Crippen LogP contribution in [0.2, 0.25) is 0 Å². The molecule has 0 radical (unpaired) electrons. The van der Waals surface area contributed by atoms with Gasteiger partial charge in [0.15, 0.2) is 0 Å². The third kappa shape index (κ3) is 5.80. The van der Waals surface area contributed by atoms with E-state index in [-0.39, 0.29) is 23.0 Å². The maximum Gasteiger partial charge on any atom is 0.354 e. The Bertz CT molecular complexity index is 829. The number of pyridine rings is 1.